The maximum Gasteiger partial charge on any atom is 0.211 e. The first-order chi connectivity index (χ1) is 8.67. The monoisotopic (exact) mass is 252 g/mol. The Kier molecular flexibility index (Phi) is 5.46. The molecule has 7 nitrogen and oxygen atoms in total. The molecule has 0 unspecified atom stereocenters. The SMILES string of the molecule is COc1cc(C=NN=C(N)N)ccc1OCCO. The van der Waals surface area contributed by atoms with Crippen LogP contribution in [-0.2, 0) is 0 Å². The van der Waals surface area contributed by atoms with Crippen molar-refractivity contribution in [1.82, 2.24) is 0 Å². The first kappa shape index (κ1) is 13.8. The van der Waals surface area contributed by atoms with Crippen LogP contribution in [-0.4, -0.2) is 37.6 Å². The summed E-state index contributed by atoms with van der Waals surface area (Å²) >= 11 is 0. The lowest BCUT2D eigenvalue weighted by molar-refractivity contribution is 0.196. The summed E-state index contributed by atoms with van der Waals surface area (Å²) in [6.07, 6.45) is 1.48. The Bertz CT molecular complexity index is 442. The number of benzene rings is 1. The van der Waals surface area contributed by atoms with E-state index >= 15 is 0 Å². The number of nitrogens with zero attached hydrogens (tertiary/aromatic N) is 2. The second-order valence-corrected chi connectivity index (χ2v) is 3.25. The Morgan fingerprint density at radius 1 is 1.39 bits per heavy atom. The van der Waals surface area contributed by atoms with Crippen molar-refractivity contribution in [2.24, 2.45) is 21.7 Å². The molecule has 0 aliphatic carbocycles. The number of hydrogen-bond acceptors (Lipinski definition) is 5. The van der Waals surface area contributed by atoms with Gasteiger partial charge in [-0.05, 0) is 23.8 Å². The number of nitrogens with two attached hydrogens (primary N) is 2. The van der Waals surface area contributed by atoms with Crippen LogP contribution in [0.2, 0.25) is 0 Å². The van der Waals surface area contributed by atoms with Crippen molar-refractivity contribution >= 4 is 12.2 Å². The molecule has 0 saturated carbocycles. The van der Waals surface area contributed by atoms with Gasteiger partial charge in [0.2, 0.25) is 5.96 Å². The fraction of sp³-hybridized carbons (Fsp3) is 0.273. The van der Waals surface area contributed by atoms with Gasteiger partial charge in [0.25, 0.3) is 0 Å². The number of hydrogen-bond donors (Lipinski definition) is 3. The Hall–Kier alpha value is -2.28. The largest absolute Gasteiger partial charge is 0.493 e. The molecular weight excluding hydrogens is 236 g/mol. The summed E-state index contributed by atoms with van der Waals surface area (Å²) in [6, 6.07) is 5.20. The number of guanidine groups is 1. The molecule has 0 atom stereocenters. The van der Waals surface area contributed by atoms with Crippen LogP contribution in [0.4, 0.5) is 0 Å². The average molecular weight is 252 g/mol. The molecule has 0 aromatic heterocycles. The van der Waals surface area contributed by atoms with Gasteiger partial charge in [-0.2, -0.15) is 5.10 Å². The molecule has 18 heavy (non-hydrogen) atoms. The van der Waals surface area contributed by atoms with Crippen molar-refractivity contribution in [2.75, 3.05) is 20.3 Å². The molecular formula is C11H16N4O3. The van der Waals surface area contributed by atoms with E-state index in [0.29, 0.717) is 11.5 Å². The lowest BCUT2D eigenvalue weighted by atomic mass is 10.2. The molecule has 1 aromatic carbocycles. The zero-order chi connectivity index (χ0) is 13.4. The molecule has 5 N–H and O–H groups in total. The minimum atomic E-state index is -0.110. The lowest BCUT2D eigenvalue weighted by Crippen LogP contribution is -2.21. The average Bonchev–Trinajstić information content (AvgIpc) is 2.36. The van der Waals surface area contributed by atoms with E-state index < -0.39 is 0 Å². The second kappa shape index (κ2) is 7.13. The highest BCUT2D eigenvalue weighted by molar-refractivity contribution is 5.82. The molecule has 0 bridgehead atoms. The summed E-state index contributed by atoms with van der Waals surface area (Å²) in [5.74, 6) is 0.976. The maximum absolute atomic E-state index is 8.69. The number of aliphatic hydroxyl groups is 1. The van der Waals surface area contributed by atoms with Gasteiger partial charge in [-0.15, -0.1) is 5.10 Å². The van der Waals surface area contributed by atoms with Crippen LogP contribution in [0.25, 0.3) is 0 Å². The fourth-order valence-corrected chi connectivity index (χ4v) is 1.20. The summed E-state index contributed by atoms with van der Waals surface area (Å²) in [5, 5.41) is 15.9. The molecule has 1 aromatic rings. The Morgan fingerprint density at radius 2 is 2.17 bits per heavy atom. The fourth-order valence-electron chi connectivity index (χ4n) is 1.20. The zero-order valence-corrected chi connectivity index (χ0v) is 10.0. The van der Waals surface area contributed by atoms with Crippen molar-refractivity contribution in [3.63, 3.8) is 0 Å². The van der Waals surface area contributed by atoms with Gasteiger partial charge in [0.1, 0.15) is 6.61 Å². The molecule has 0 aliphatic heterocycles. The molecule has 1 rings (SSSR count). The predicted octanol–water partition coefficient (Wildman–Crippen LogP) is -0.326. The summed E-state index contributed by atoms with van der Waals surface area (Å²) in [6.45, 7) is 0.147. The van der Waals surface area contributed by atoms with Crippen molar-refractivity contribution in [2.45, 2.75) is 0 Å². The Morgan fingerprint density at radius 3 is 2.78 bits per heavy atom. The minimum Gasteiger partial charge on any atom is -0.493 e. The summed E-state index contributed by atoms with van der Waals surface area (Å²) in [4.78, 5) is 0. The second-order valence-electron chi connectivity index (χ2n) is 3.25. The summed E-state index contributed by atoms with van der Waals surface area (Å²) in [5.41, 5.74) is 11.0. The number of ether oxygens (including phenoxy) is 2. The topological polar surface area (TPSA) is 115 Å². The van der Waals surface area contributed by atoms with E-state index in [9.17, 15) is 0 Å². The van der Waals surface area contributed by atoms with Crippen molar-refractivity contribution in [3.05, 3.63) is 23.8 Å². The zero-order valence-electron chi connectivity index (χ0n) is 10.0. The first-order valence-corrected chi connectivity index (χ1v) is 5.21. The molecule has 0 fully saturated rings. The van der Waals surface area contributed by atoms with Crippen molar-refractivity contribution < 1.29 is 14.6 Å². The normalized spacial score (nSPS) is 10.3. The highest BCUT2D eigenvalue weighted by atomic mass is 16.5. The van der Waals surface area contributed by atoms with Crippen LogP contribution in [0.5, 0.6) is 11.5 Å². The van der Waals surface area contributed by atoms with Crippen LogP contribution >= 0.6 is 0 Å². The van der Waals surface area contributed by atoms with Crippen LogP contribution < -0.4 is 20.9 Å². The number of methoxy groups -OCH3 is 1. The summed E-state index contributed by atoms with van der Waals surface area (Å²) < 4.78 is 10.4. The third-order valence-electron chi connectivity index (χ3n) is 1.92. The third-order valence-corrected chi connectivity index (χ3v) is 1.92. The van der Waals surface area contributed by atoms with Crippen LogP contribution in [0.1, 0.15) is 5.56 Å². The smallest absolute Gasteiger partial charge is 0.211 e. The molecule has 0 aliphatic rings. The molecule has 0 saturated heterocycles. The lowest BCUT2D eigenvalue weighted by Gasteiger charge is -2.09. The predicted molar refractivity (Wildman–Crippen MR) is 69.0 cm³/mol. The van der Waals surface area contributed by atoms with Gasteiger partial charge in [0.15, 0.2) is 11.5 Å². The van der Waals surface area contributed by atoms with Crippen LogP contribution in [0, 0.1) is 0 Å². The van der Waals surface area contributed by atoms with Crippen LogP contribution in [0.15, 0.2) is 28.4 Å². The van der Waals surface area contributed by atoms with E-state index in [1.54, 1.807) is 18.2 Å². The number of aliphatic hydroxyl groups excluding tert-OH is 1. The van der Waals surface area contributed by atoms with E-state index in [1.165, 1.54) is 13.3 Å². The van der Waals surface area contributed by atoms with E-state index in [0.717, 1.165) is 5.56 Å². The van der Waals surface area contributed by atoms with E-state index in [2.05, 4.69) is 10.2 Å². The minimum absolute atomic E-state index is 0.0587. The Balaban J connectivity index is 2.84. The molecule has 7 heteroatoms. The molecule has 0 heterocycles. The molecule has 0 spiro atoms. The third kappa shape index (κ3) is 4.30. The van der Waals surface area contributed by atoms with Crippen molar-refractivity contribution in [1.29, 1.82) is 0 Å². The highest BCUT2D eigenvalue weighted by Gasteiger charge is 2.04. The van der Waals surface area contributed by atoms with Gasteiger partial charge < -0.3 is 26.0 Å². The first-order valence-electron chi connectivity index (χ1n) is 5.21. The van der Waals surface area contributed by atoms with Gasteiger partial charge in [0, 0.05) is 0 Å². The van der Waals surface area contributed by atoms with Gasteiger partial charge in [-0.3, -0.25) is 0 Å². The van der Waals surface area contributed by atoms with Gasteiger partial charge in [-0.1, -0.05) is 0 Å². The maximum atomic E-state index is 8.69. The molecule has 98 valence electrons. The molecule has 0 amide bonds. The summed E-state index contributed by atoms with van der Waals surface area (Å²) in [7, 11) is 1.53. The van der Waals surface area contributed by atoms with Gasteiger partial charge in [-0.25, -0.2) is 0 Å². The van der Waals surface area contributed by atoms with E-state index in [4.69, 9.17) is 26.0 Å². The van der Waals surface area contributed by atoms with Crippen molar-refractivity contribution in [3.8, 4) is 11.5 Å². The van der Waals surface area contributed by atoms with Gasteiger partial charge in [0.05, 0.1) is 19.9 Å². The van der Waals surface area contributed by atoms with E-state index in [-0.39, 0.29) is 19.2 Å². The number of rotatable bonds is 6. The highest BCUT2D eigenvalue weighted by Crippen LogP contribution is 2.27. The quantitative estimate of drug-likeness (QED) is 0.364. The van der Waals surface area contributed by atoms with Gasteiger partial charge >= 0.3 is 0 Å². The molecule has 0 radical (unpaired) electrons. The standard InChI is InChI=1S/C11H16N4O3/c1-17-10-6-8(7-14-15-11(12)13)2-3-9(10)18-5-4-16/h2-3,6-7,16H,4-5H2,1H3,(H4,12,13,15). The van der Waals surface area contributed by atoms with E-state index in [1.807, 2.05) is 0 Å². The Labute approximate surface area is 105 Å². The van der Waals surface area contributed by atoms with Crippen LogP contribution in [0.3, 0.4) is 0 Å².